The number of hydrogen-bond donors (Lipinski definition) is 1. The minimum Gasteiger partial charge on any atom is -0.328 e. The van der Waals surface area contributed by atoms with Crippen molar-refractivity contribution in [3.8, 4) is 0 Å². The lowest BCUT2D eigenvalue weighted by Gasteiger charge is -2.44. The van der Waals surface area contributed by atoms with Gasteiger partial charge in [-0.1, -0.05) is 70.2 Å². The van der Waals surface area contributed by atoms with E-state index in [9.17, 15) is 0 Å². The van der Waals surface area contributed by atoms with Gasteiger partial charge in [-0.05, 0) is 31.1 Å². The Hall–Kier alpha value is 1.26. The van der Waals surface area contributed by atoms with E-state index >= 15 is 0 Å². The van der Waals surface area contributed by atoms with E-state index in [1.807, 2.05) is 13.8 Å². The Labute approximate surface area is 225 Å². The van der Waals surface area contributed by atoms with Gasteiger partial charge in [-0.15, -0.1) is 0 Å². The fourth-order valence-corrected chi connectivity index (χ4v) is 7.86. The van der Waals surface area contributed by atoms with Crippen molar-refractivity contribution in [1.29, 1.82) is 0 Å². The molecule has 0 amide bonds. The topological polar surface area (TPSA) is 84.6 Å². The SMILES string of the molecule is C.C.CC(C)N.CC(C)N(P1OCC(C)(C)CO1)P1OCC(C)(C)CO1.CC1(C)COP(Cl)OC1. The molecule has 0 saturated carbocycles. The van der Waals surface area contributed by atoms with Crippen molar-refractivity contribution >= 4 is 36.0 Å². The molecular weight excluding hydrogens is 529 g/mol. The van der Waals surface area contributed by atoms with E-state index in [-0.39, 0.29) is 37.1 Å². The summed E-state index contributed by atoms with van der Waals surface area (Å²) < 4.78 is 36.1. The molecule has 12 heteroatoms. The van der Waals surface area contributed by atoms with Gasteiger partial charge in [0.25, 0.3) is 24.8 Å². The normalized spacial score (nSPS) is 24.4. The molecule has 0 aromatic rings. The van der Waals surface area contributed by atoms with Gasteiger partial charge in [-0.25, -0.2) is 0 Å². The number of hydrogen-bond acceptors (Lipinski definition) is 8. The molecule has 0 radical (unpaired) electrons. The maximum Gasteiger partial charge on any atom is 0.276 e. The average Bonchev–Trinajstić information content (AvgIpc) is 2.67. The number of rotatable bonds is 3. The molecule has 0 unspecified atom stereocenters. The van der Waals surface area contributed by atoms with Gasteiger partial charge in [0.2, 0.25) is 0 Å². The smallest absolute Gasteiger partial charge is 0.276 e. The van der Waals surface area contributed by atoms with Crippen LogP contribution < -0.4 is 5.73 Å². The monoisotopic (exact) mass is 582 g/mol. The predicted molar refractivity (Wildman–Crippen MR) is 153 cm³/mol. The van der Waals surface area contributed by atoms with Crippen LogP contribution in [0.4, 0.5) is 0 Å². The van der Waals surface area contributed by atoms with Crippen molar-refractivity contribution < 1.29 is 27.1 Å². The van der Waals surface area contributed by atoms with Gasteiger partial charge < -0.3 is 32.9 Å². The van der Waals surface area contributed by atoms with Crippen molar-refractivity contribution in [1.82, 2.24) is 4.44 Å². The second-order valence-corrected chi connectivity index (χ2v) is 16.4. The maximum atomic E-state index is 5.95. The van der Waals surface area contributed by atoms with Gasteiger partial charge in [-0.3, -0.25) is 0 Å². The second kappa shape index (κ2) is 17.1. The molecule has 3 saturated heterocycles. The summed E-state index contributed by atoms with van der Waals surface area (Å²) in [6, 6.07) is 0.606. The van der Waals surface area contributed by atoms with Crippen LogP contribution in [0.1, 0.15) is 84.1 Å². The molecule has 3 fully saturated rings. The minimum absolute atomic E-state index is 0. The third-order valence-electron chi connectivity index (χ3n) is 4.17. The Morgan fingerprint density at radius 2 is 0.857 bits per heavy atom. The van der Waals surface area contributed by atoms with Gasteiger partial charge in [0, 0.05) is 22.3 Å². The fraction of sp³-hybridized carbons (Fsp3) is 1.00. The summed E-state index contributed by atoms with van der Waals surface area (Å²) in [5.74, 6) is 0. The average molecular weight is 583 g/mol. The van der Waals surface area contributed by atoms with Crippen molar-refractivity contribution in [3.63, 3.8) is 0 Å². The highest BCUT2D eigenvalue weighted by Gasteiger charge is 2.42. The summed E-state index contributed by atoms with van der Waals surface area (Å²) >= 11 is 5.56. The summed E-state index contributed by atoms with van der Waals surface area (Å²) in [7, 11) is -3.23. The molecular formula is C23H54ClN2O6P3. The highest BCUT2D eigenvalue weighted by Crippen LogP contribution is 2.64. The number of nitrogens with zero attached hydrogens (tertiary/aromatic N) is 1. The lowest BCUT2D eigenvalue weighted by Crippen LogP contribution is -2.36. The van der Waals surface area contributed by atoms with E-state index in [0.717, 1.165) is 26.4 Å². The van der Waals surface area contributed by atoms with Crippen LogP contribution in [0, 0.1) is 16.2 Å². The third-order valence-corrected chi connectivity index (χ3v) is 9.29. The van der Waals surface area contributed by atoms with Gasteiger partial charge >= 0.3 is 0 Å². The summed E-state index contributed by atoms with van der Waals surface area (Å²) in [5, 5.41) is 0. The van der Waals surface area contributed by atoms with Crippen LogP contribution in [-0.2, 0) is 27.1 Å². The van der Waals surface area contributed by atoms with Gasteiger partial charge in [0.05, 0.1) is 39.6 Å². The molecule has 214 valence electrons. The van der Waals surface area contributed by atoms with Gasteiger partial charge in [0.15, 0.2) is 0 Å². The molecule has 2 N–H and O–H groups in total. The molecule has 0 aromatic carbocycles. The highest BCUT2D eigenvalue weighted by molar-refractivity contribution is 7.76. The molecule has 0 aromatic heterocycles. The molecule has 0 atom stereocenters. The zero-order valence-electron chi connectivity index (χ0n) is 22.1. The molecule has 3 aliphatic heterocycles. The Bertz CT molecular complexity index is 513. The molecule has 8 nitrogen and oxygen atoms in total. The van der Waals surface area contributed by atoms with Crippen LogP contribution in [0.5, 0.6) is 0 Å². The van der Waals surface area contributed by atoms with Crippen LogP contribution >= 0.6 is 36.0 Å². The lowest BCUT2D eigenvalue weighted by molar-refractivity contribution is 0.0306. The molecule has 0 bridgehead atoms. The van der Waals surface area contributed by atoms with Crippen molar-refractivity contribution in [3.05, 3.63) is 0 Å². The van der Waals surface area contributed by atoms with Crippen LogP contribution in [-0.4, -0.2) is 56.2 Å². The van der Waals surface area contributed by atoms with Crippen LogP contribution in [0.15, 0.2) is 0 Å². The molecule has 3 aliphatic rings. The van der Waals surface area contributed by atoms with E-state index in [1.54, 1.807) is 0 Å². The number of halogens is 1. The van der Waals surface area contributed by atoms with Crippen molar-refractivity contribution in [2.24, 2.45) is 22.0 Å². The fourth-order valence-electron chi connectivity index (χ4n) is 2.28. The Morgan fingerprint density at radius 1 is 0.629 bits per heavy atom. The summed E-state index contributed by atoms with van der Waals surface area (Å²) in [4.78, 5) is 0. The van der Waals surface area contributed by atoms with Gasteiger partial charge in [-0.2, -0.15) is 4.44 Å². The molecule has 0 aliphatic carbocycles. The Balaban J connectivity index is 0. The molecule has 0 spiro atoms. The third kappa shape index (κ3) is 16.1. The Morgan fingerprint density at radius 3 is 1.06 bits per heavy atom. The lowest BCUT2D eigenvalue weighted by atomic mass is 9.97. The van der Waals surface area contributed by atoms with E-state index in [1.165, 1.54) is 0 Å². The van der Waals surface area contributed by atoms with E-state index < -0.39 is 24.8 Å². The van der Waals surface area contributed by atoms with Crippen LogP contribution in [0.2, 0.25) is 0 Å². The minimum atomic E-state index is -1.08. The summed E-state index contributed by atoms with van der Waals surface area (Å²) in [6.45, 7) is 25.2. The first-order valence-electron chi connectivity index (χ1n) is 11.4. The zero-order valence-corrected chi connectivity index (χ0v) is 25.5. The number of nitrogens with two attached hydrogens (primary N) is 1. The molecule has 35 heavy (non-hydrogen) atoms. The zero-order chi connectivity index (χ0) is 25.4. The largest absolute Gasteiger partial charge is 0.328 e. The highest BCUT2D eigenvalue weighted by atomic mass is 35.7. The van der Waals surface area contributed by atoms with Crippen molar-refractivity contribution in [2.45, 2.75) is 96.2 Å². The van der Waals surface area contributed by atoms with E-state index in [0.29, 0.717) is 19.3 Å². The predicted octanol–water partition coefficient (Wildman–Crippen LogP) is 8.45. The molecule has 3 rings (SSSR count). The van der Waals surface area contributed by atoms with Crippen LogP contribution in [0.3, 0.4) is 0 Å². The quantitative estimate of drug-likeness (QED) is 0.332. The van der Waals surface area contributed by atoms with Gasteiger partial charge in [0.1, 0.15) is 0 Å². The first-order valence-corrected chi connectivity index (χ1v) is 15.8. The first-order chi connectivity index (χ1) is 15.0. The summed E-state index contributed by atoms with van der Waals surface area (Å²) in [6.07, 6.45) is 0. The van der Waals surface area contributed by atoms with E-state index in [4.69, 9.17) is 44.1 Å². The standard InChI is InChI=1S/C13H27NO4P2.C5H10ClO2P.C3H9N.2CH4/c1-11(2)14(19-15-7-12(3,4)8-16-19)20-17-9-13(5,6)10-18-20;1-5(2)3-7-9(6)8-4-5;1-3(2)4;;/h11H,7-10H2,1-6H3;3-4H2,1-2H3;3H,4H2,1-2H3;2*1H4. The first kappa shape index (κ1) is 38.4. The second-order valence-electron chi connectivity index (χ2n) is 11.5. The van der Waals surface area contributed by atoms with Crippen LogP contribution in [0.25, 0.3) is 0 Å². The maximum absolute atomic E-state index is 5.95. The van der Waals surface area contributed by atoms with Crippen molar-refractivity contribution in [2.75, 3.05) is 39.6 Å². The van der Waals surface area contributed by atoms with E-state index in [2.05, 4.69) is 59.8 Å². The Kier molecular flexibility index (Phi) is 18.7. The molecule has 3 heterocycles. The summed E-state index contributed by atoms with van der Waals surface area (Å²) in [5.41, 5.74) is 5.43.